The van der Waals surface area contributed by atoms with Crippen molar-refractivity contribution in [1.29, 1.82) is 0 Å². The first-order chi connectivity index (χ1) is 7.16. The van der Waals surface area contributed by atoms with Crippen LogP contribution in [-0.2, 0) is 0 Å². The second kappa shape index (κ2) is 6.52. The Kier molecular flexibility index (Phi) is 5.66. The molecule has 0 heterocycles. The van der Waals surface area contributed by atoms with Crippen LogP contribution in [0.4, 0.5) is 0 Å². The molecule has 1 aliphatic rings. The van der Waals surface area contributed by atoms with Crippen molar-refractivity contribution in [3.63, 3.8) is 0 Å². The Morgan fingerprint density at radius 2 is 1.67 bits per heavy atom. The first kappa shape index (κ1) is 13.0. The van der Waals surface area contributed by atoms with E-state index in [1.807, 2.05) is 0 Å². The molecule has 0 aromatic heterocycles. The summed E-state index contributed by atoms with van der Waals surface area (Å²) in [6, 6.07) is 0. The maximum Gasteiger partial charge on any atom is 0.0154 e. The zero-order valence-electron chi connectivity index (χ0n) is 10.7. The summed E-state index contributed by atoms with van der Waals surface area (Å²) in [6.45, 7) is 4.63. The van der Waals surface area contributed by atoms with Crippen LogP contribution in [0.1, 0.15) is 78.1 Å². The molecule has 1 fully saturated rings. The smallest absolute Gasteiger partial charge is 0.0154 e. The molecule has 0 bridgehead atoms. The lowest BCUT2D eigenvalue weighted by Crippen LogP contribution is -2.42. The topological polar surface area (TPSA) is 26.0 Å². The summed E-state index contributed by atoms with van der Waals surface area (Å²) in [5.74, 6) is 0.918. The Bertz CT molecular complexity index is 157. The van der Waals surface area contributed by atoms with Gasteiger partial charge in [0.1, 0.15) is 0 Å². The van der Waals surface area contributed by atoms with Crippen LogP contribution in [0.2, 0.25) is 0 Å². The third-order valence-corrected chi connectivity index (χ3v) is 4.05. The molecule has 1 aliphatic carbocycles. The van der Waals surface area contributed by atoms with Crippen molar-refractivity contribution in [3.05, 3.63) is 0 Å². The number of hydrogen-bond acceptors (Lipinski definition) is 1. The first-order valence-electron chi connectivity index (χ1n) is 6.95. The number of rotatable bonds is 6. The van der Waals surface area contributed by atoms with E-state index in [0.29, 0.717) is 0 Å². The van der Waals surface area contributed by atoms with Gasteiger partial charge >= 0.3 is 0 Å². The van der Waals surface area contributed by atoms with E-state index in [2.05, 4.69) is 13.8 Å². The minimum Gasteiger partial charge on any atom is -0.325 e. The first-order valence-corrected chi connectivity index (χ1v) is 6.95. The average molecular weight is 211 g/mol. The van der Waals surface area contributed by atoms with Crippen LogP contribution in [0.5, 0.6) is 0 Å². The summed E-state index contributed by atoms with van der Waals surface area (Å²) in [5, 5.41) is 0. The summed E-state index contributed by atoms with van der Waals surface area (Å²) in [4.78, 5) is 0. The van der Waals surface area contributed by atoms with Crippen molar-refractivity contribution < 1.29 is 0 Å². The van der Waals surface area contributed by atoms with E-state index >= 15 is 0 Å². The molecule has 0 atom stereocenters. The van der Waals surface area contributed by atoms with Gasteiger partial charge in [-0.25, -0.2) is 0 Å². The zero-order valence-corrected chi connectivity index (χ0v) is 10.7. The van der Waals surface area contributed by atoms with Crippen LogP contribution in [0.25, 0.3) is 0 Å². The minimum absolute atomic E-state index is 0.207. The van der Waals surface area contributed by atoms with Crippen molar-refractivity contribution in [3.8, 4) is 0 Å². The number of hydrogen-bond donors (Lipinski definition) is 1. The Labute approximate surface area is 95.8 Å². The van der Waals surface area contributed by atoms with Gasteiger partial charge in [-0.2, -0.15) is 0 Å². The average Bonchev–Trinajstić information content (AvgIpc) is 2.23. The van der Waals surface area contributed by atoms with Crippen molar-refractivity contribution in [2.24, 2.45) is 11.7 Å². The Morgan fingerprint density at radius 1 is 1.07 bits per heavy atom. The second-order valence-corrected chi connectivity index (χ2v) is 5.71. The molecule has 15 heavy (non-hydrogen) atoms. The van der Waals surface area contributed by atoms with Gasteiger partial charge in [0.25, 0.3) is 0 Å². The maximum absolute atomic E-state index is 6.44. The Balaban J connectivity index is 2.08. The van der Waals surface area contributed by atoms with Gasteiger partial charge in [-0.15, -0.1) is 0 Å². The van der Waals surface area contributed by atoms with Gasteiger partial charge in [-0.1, -0.05) is 46.0 Å². The SMILES string of the molecule is CCCCCCCC1(N)CCC(C)CC1. The van der Waals surface area contributed by atoms with E-state index < -0.39 is 0 Å². The summed E-state index contributed by atoms with van der Waals surface area (Å²) in [5.41, 5.74) is 6.64. The highest BCUT2D eigenvalue weighted by molar-refractivity contribution is 4.88. The van der Waals surface area contributed by atoms with Crippen molar-refractivity contribution in [2.75, 3.05) is 0 Å². The fourth-order valence-electron chi connectivity index (χ4n) is 2.67. The van der Waals surface area contributed by atoms with E-state index in [4.69, 9.17) is 5.73 Å². The van der Waals surface area contributed by atoms with Gasteiger partial charge in [-0.05, 0) is 38.0 Å². The quantitative estimate of drug-likeness (QED) is 0.653. The molecule has 1 rings (SSSR count). The molecule has 1 heteroatoms. The second-order valence-electron chi connectivity index (χ2n) is 5.71. The molecule has 1 nitrogen and oxygen atoms in total. The molecule has 1 saturated carbocycles. The number of unbranched alkanes of at least 4 members (excludes halogenated alkanes) is 4. The molecule has 0 radical (unpaired) electrons. The zero-order chi connectivity index (χ0) is 11.1. The molecule has 2 N–H and O–H groups in total. The highest BCUT2D eigenvalue weighted by Crippen LogP contribution is 2.33. The molecule has 0 aromatic carbocycles. The van der Waals surface area contributed by atoms with E-state index in [0.717, 1.165) is 5.92 Å². The van der Waals surface area contributed by atoms with E-state index in [1.165, 1.54) is 64.2 Å². The lowest BCUT2D eigenvalue weighted by Gasteiger charge is -2.36. The predicted molar refractivity (Wildman–Crippen MR) is 67.9 cm³/mol. The molecule has 0 aliphatic heterocycles. The van der Waals surface area contributed by atoms with E-state index in [9.17, 15) is 0 Å². The third-order valence-electron chi connectivity index (χ3n) is 4.05. The van der Waals surface area contributed by atoms with Crippen LogP contribution in [-0.4, -0.2) is 5.54 Å². The number of nitrogens with two attached hydrogens (primary N) is 1. The summed E-state index contributed by atoms with van der Waals surface area (Å²) in [6.07, 6.45) is 13.4. The van der Waals surface area contributed by atoms with Crippen LogP contribution >= 0.6 is 0 Å². The van der Waals surface area contributed by atoms with Crippen molar-refractivity contribution in [2.45, 2.75) is 83.6 Å². The van der Waals surface area contributed by atoms with Gasteiger partial charge < -0.3 is 5.73 Å². The summed E-state index contributed by atoms with van der Waals surface area (Å²) < 4.78 is 0. The van der Waals surface area contributed by atoms with Crippen LogP contribution in [0, 0.1) is 5.92 Å². The highest BCUT2D eigenvalue weighted by Gasteiger charge is 2.29. The Morgan fingerprint density at radius 3 is 2.27 bits per heavy atom. The van der Waals surface area contributed by atoms with Crippen molar-refractivity contribution >= 4 is 0 Å². The molecule has 0 spiro atoms. The van der Waals surface area contributed by atoms with Crippen LogP contribution < -0.4 is 5.73 Å². The third kappa shape index (κ3) is 5.01. The predicted octanol–water partition coefficient (Wildman–Crippen LogP) is 4.25. The van der Waals surface area contributed by atoms with Crippen LogP contribution in [0.15, 0.2) is 0 Å². The van der Waals surface area contributed by atoms with Crippen molar-refractivity contribution in [1.82, 2.24) is 0 Å². The molecule has 0 unspecified atom stereocenters. The summed E-state index contributed by atoms with van der Waals surface area (Å²) >= 11 is 0. The van der Waals surface area contributed by atoms with E-state index in [-0.39, 0.29) is 5.54 Å². The highest BCUT2D eigenvalue weighted by atomic mass is 14.7. The van der Waals surface area contributed by atoms with Gasteiger partial charge in [0.05, 0.1) is 0 Å². The van der Waals surface area contributed by atoms with Gasteiger partial charge in [0.15, 0.2) is 0 Å². The summed E-state index contributed by atoms with van der Waals surface area (Å²) in [7, 11) is 0. The van der Waals surface area contributed by atoms with Gasteiger partial charge in [-0.3, -0.25) is 0 Å². The fraction of sp³-hybridized carbons (Fsp3) is 1.00. The molecular formula is C14H29N. The van der Waals surface area contributed by atoms with Gasteiger partial charge in [0, 0.05) is 5.54 Å². The minimum atomic E-state index is 0.207. The molecule has 0 amide bonds. The lowest BCUT2D eigenvalue weighted by molar-refractivity contribution is 0.226. The lowest BCUT2D eigenvalue weighted by atomic mass is 9.75. The van der Waals surface area contributed by atoms with Crippen LogP contribution in [0.3, 0.4) is 0 Å². The van der Waals surface area contributed by atoms with Gasteiger partial charge in [0.2, 0.25) is 0 Å². The molecule has 90 valence electrons. The van der Waals surface area contributed by atoms with E-state index in [1.54, 1.807) is 0 Å². The standard InChI is InChI=1S/C14H29N/c1-3-4-5-6-7-10-14(15)11-8-13(2)9-12-14/h13H,3-12,15H2,1-2H3. The molecule has 0 saturated heterocycles. The largest absolute Gasteiger partial charge is 0.325 e. The Hall–Kier alpha value is -0.0400. The maximum atomic E-state index is 6.44. The monoisotopic (exact) mass is 211 g/mol. The fourth-order valence-corrected chi connectivity index (χ4v) is 2.67. The normalized spacial score (nSPS) is 31.8. The molecular weight excluding hydrogens is 182 g/mol. The molecule has 0 aromatic rings.